The summed E-state index contributed by atoms with van der Waals surface area (Å²) in [5, 5.41) is 8.42. The van der Waals surface area contributed by atoms with Crippen LogP contribution < -0.4 is 5.32 Å². The molecule has 1 aliphatic heterocycles. The molecule has 0 fully saturated rings. The minimum Gasteiger partial charge on any atom is -0.311 e. The Hall–Kier alpha value is -1.89. The van der Waals surface area contributed by atoms with Gasteiger partial charge in [0, 0.05) is 42.1 Å². The normalized spacial score (nSPS) is 16.8. The fourth-order valence-electron chi connectivity index (χ4n) is 3.12. The molecule has 1 amide bonds. The zero-order chi connectivity index (χ0) is 18.0. The second kappa shape index (κ2) is 7.56. The van der Waals surface area contributed by atoms with Gasteiger partial charge in [-0.25, -0.2) is 14.6 Å². The van der Waals surface area contributed by atoms with Gasteiger partial charge in [-0.3, -0.25) is 4.79 Å². The number of aromatic nitrogens is 4. The van der Waals surface area contributed by atoms with Crippen LogP contribution in [0.4, 0.5) is 5.82 Å². The maximum absolute atomic E-state index is 12.2. The number of rotatable bonds is 6. The predicted octanol–water partition coefficient (Wildman–Crippen LogP) is 3.93. The second-order valence-corrected chi connectivity index (χ2v) is 7.75. The molecule has 0 bridgehead atoms. The van der Waals surface area contributed by atoms with Crippen LogP contribution in [0.3, 0.4) is 0 Å². The largest absolute Gasteiger partial charge is 0.311 e. The third kappa shape index (κ3) is 3.71. The van der Waals surface area contributed by atoms with E-state index >= 15 is 0 Å². The van der Waals surface area contributed by atoms with E-state index in [1.165, 1.54) is 6.42 Å². The maximum atomic E-state index is 12.2. The summed E-state index contributed by atoms with van der Waals surface area (Å²) < 4.78 is 1.89. The molecule has 0 saturated heterocycles. The monoisotopic (exact) mass is 359 g/mol. The number of carbonyl (C=O) groups is 1. The zero-order valence-electron chi connectivity index (χ0n) is 15.2. The summed E-state index contributed by atoms with van der Waals surface area (Å²) in [4.78, 5) is 21.2. The molecule has 2 aromatic heterocycles. The molecule has 0 aliphatic carbocycles. The number of fused-ring (bicyclic) bond motifs is 1. The number of anilines is 1. The number of nitrogens with zero attached hydrogens (tertiary/aromatic N) is 4. The first-order chi connectivity index (χ1) is 12.0. The summed E-state index contributed by atoms with van der Waals surface area (Å²) >= 11 is 1.68. The van der Waals surface area contributed by atoms with Gasteiger partial charge in [-0.05, 0) is 32.8 Å². The van der Waals surface area contributed by atoms with E-state index in [9.17, 15) is 4.79 Å². The Morgan fingerprint density at radius 1 is 1.36 bits per heavy atom. The molecule has 0 aromatic carbocycles. The van der Waals surface area contributed by atoms with Crippen molar-refractivity contribution in [1.29, 1.82) is 0 Å². The van der Waals surface area contributed by atoms with Crippen LogP contribution in [-0.2, 0) is 4.79 Å². The number of unbranched alkanes of at least 4 members (excludes halogenated alkanes) is 1. The number of carbonyl (C=O) groups excluding carboxylic acids is 1. The maximum Gasteiger partial charge on any atom is 0.226 e. The fraction of sp³-hybridized carbons (Fsp3) is 0.556. The molecule has 1 N–H and O–H groups in total. The zero-order valence-corrected chi connectivity index (χ0v) is 16.1. The van der Waals surface area contributed by atoms with Crippen LogP contribution in [0.15, 0.2) is 17.6 Å². The van der Waals surface area contributed by atoms with Crippen molar-refractivity contribution >= 4 is 23.5 Å². The first-order valence-corrected chi connectivity index (χ1v) is 9.83. The SMILES string of the molecule is CCCCSc1ncc([C@@H]2CC(=O)Nc3c2c(C)nn3C(C)C)cn1. The van der Waals surface area contributed by atoms with Crippen LogP contribution in [0.2, 0.25) is 0 Å². The smallest absolute Gasteiger partial charge is 0.226 e. The molecule has 2 aromatic rings. The Bertz CT molecular complexity index is 754. The van der Waals surface area contributed by atoms with E-state index in [0.29, 0.717) is 6.42 Å². The number of amides is 1. The first-order valence-electron chi connectivity index (χ1n) is 8.84. The van der Waals surface area contributed by atoms with Crippen LogP contribution in [-0.4, -0.2) is 31.4 Å². The highest BCUT2D eigenvalue weighted by molar-refractivity contribution is 7.99. The molecule has 1 atom stereocenters. The third-order valence-corrected chi connectivity index (χ3v) is 5.36. The van der Waals surface area contributed by atoms with Crippen molar-refractivity contribution in [2.75, 3.05) is 11.1 Å². The molecule has 0 radical (unpaired) electrons. The van der Waals surface area contributed by atoms with Crippen molar-refractivity contribution in [1.82, 2.24) is 19.7 Å². The molecule has 25 heavy (non-hydrogen) atoms. The topological polar surface area (TPSA) is 72.7 Å². The van der Waals surface area contributed by atoms with Crippen LogP contribution in [0.5, 0.6) is 0 Å². The van der Waals surface area contributed by atoms with E-state index < -0.39 is 0 Å². The number of hydrogen-bond donors (Lipinski definition) is 1. The quantitative estimate of drug-likeness (QED) is 0.481. The molecule has 7 heteroatoms. The molecule has 1 aliphatic rings. The fourth-order valence-corrected chi connectivity index (χ4v) is 3.99. The second-order valence-electron chi connectivity index (χ2n) is 6.69. The van der Waals surface area contributed by atoms with E-state index in [2.05, 4.69) is 41.2 Å². The lowest BCUT2D eigenvalue weighted by Gasteiger charge is -2.24. The van der Waals surface area contributed by atoms with Gasteiger partial charge in [-0.15, -0.1) is 0 Å². The van der Waals surface area contributed by atoms with E-state index in [4.69, 9.17) is 0 Å². The van der Waals surface area contributed by atoms with Crippen LogP contribution >= 0.6 is 11.8 Å². The average molecular weight is 359 g/mol. The van der Waals surface area contributed by atoms with Gasteiger partial charge in [0.2, 0.25) is 5.91 Å². The number of hydrogen-bond acceptors (Lipinski definition) is 5. The van der Waals surface area contributed by atoms with Gasteiger partial charge < -0.3 is 5.32 Å². The number of thioether (sulfide) groups is 1. The molecule has 3 rings (SSSR count). The molecule has 6 nitrogen and oxygen atoms in total. The third-order valence-electron chi connectivity index (χ3n) is 4.40. The molecular weight excluding hydrogens is 334 g/mol. The van der Waals surface area contributed by atoms with Crippen LogP contribution in [0.1, 0.15) is 68.8 Å². The Morgan fingerprint density at radius 2 is 2.08 bits per heavy atom. The van der Waals surface area contributed by atoms with E-state index in [1.54, 1.807) is 11.8 Å². The van der Waals surface area contributed by atoms with Crippen molar-refractivity contribution < 1.29 is 4.79 Å². The van der Waals surface area contributed by atoms with Crippen molar-refractivity contribution in [3.63, 3.8) is 0 Å². The average Bonchev–Trinajstić information content (AvgIpc) is 2.92. The van der Waals surface area contributed by atoms with Gasteiger partial charge in [0.05, 0.1) is 5.69 Å². The Morgan fingerprint density at radius 3 is 2.72 bits per heavy atom. The summed E-state index contributed by atoms with van der Waals surface area (Å²) in [6, 6.07) is 0.190. The molecule has 0 saturated carbocycles. The minimum absolute atomic E-state index is 0.0145. The molecule has 134 valence electrons. The number of aryl methyl sites for hydroxylation is 1. The van der Waals surface area contributed by atoms with Gasteiger partial charge in [0.25, 0.3) is 0 Å². The highest BCUT2D eigenvalue weighted by atomic mass is 32.2. The molecule has 0 spiro atoms. The minimum atomic E-state index is -0.0362. The number of nitrogens with one attached hydrogen (secondary N) is 1. The lowest BCUT2D eigenvalue weighted by Crippen LogP contribution is -2.25. The van der Waals surface area contributed by atoms with Gasteiger partial charge in [-0.1, -0.05) is 25.1 Å². The van der Waals surface area contributed by atoms with Crippen LogP contribution in [0, 0.1) is 6.92 Å². The van der Waals surface area contributed by atoms with Crippen molar-refractivity contribution in [2.45, 2.75) is 64.1 Å². The molecule has 0 unspecified atom stereocenters. The standard InChI is InChI=1S/C18H25N5OS/c1-5-6-7-25-18-19-9-13(10-20-18)14-8-15(24)21-17-16(14)12(4)22-23(17)11(2)3/h9-11,14H,5-8H2,1-4H3,(H,21,24)/t14-/m0/s1. The van der Waals surface area contributed by atoms with Crippen molar-refractivity contribution in [3.8, 4) is 0 Å². The van der Waals surface area contributed by atoms with E-state index in [-0.39, 0.29) is 17.9 Å². The first kappa shape index (κ1) is 17.9. The van der Waals surface area contributed by atoms with Gasteiger partial charge in [-0.2, -0.15) is 5.10 Å². The summed E-state index contributed by atoms with van der Waals surface area (Å²) in [6.07, 6.45) is 6.46. The summed E-state index contributed by atoms with van der Waals surface area (Å²) in [7, 11) is 0. The summed E-state index contributed by atoms with van der Waals surface area (Å²) in [6.45, 7) is 8.30. The summed E-state index contributed by atoms with van der Waals surface area (Å²) in [5.74, 6) is 1.83. The van der Waals surface area contributed by atoms with Gasteiger partial charge >= 0.3 is 0 Å². The van der Waals surface area contributed by atoms with Crippen molar-refractivity contribution in [3.05, 3.63) is 29.2 Å². The van der Waals surface area contributed by atoms with Crippen molar-refractivity contribution in [2.24, 2.45) is 0 Å². The highest BCUT2D eigenvalue weighted by Crippen LogP contribution is 2.39. The van der Waals surface area contributed by atoms with E-state index in [1.807, 2.05) is 24.0 Å². The predicted molar refractivity (Wildman–Crippen MR) is 100 cm³/mol. The molecular formula is C18H25N5OS. The van der Waals surface area contributed by atoms with E-state index in [0.717, 1.165) is 40.0 Å². The van der Waals surface area contributed by atoms with Gasteiger partial charge in [0.15, 0.2) is 5.16 Å². The lowest BCUT2D eigenvalue weighted by molar-refractivity contribution is -0.116. The van der Waals surface area contributed by atoms with Gasteiger partial charge in [0.1, 0.15) is 5.82 Å². The van der Waals surface area contributed by atoms with Crippen LogP contribution in [0.25, 0.3) is 0 Å². The highest BCUT2D eigenvalue weighted by Gasteiger charge is 2.33. The Labute approximate surface area is 152 Å². The Balaban J connectivity index is 1.90. The molecule has 3 heterocycles. The summed E-state index contributed by atoms with van der Waals surface area (Å²) in [5.41, 5.74) is 3.01. The lowest BCUT2D eigenvalue weighted by atomic mass is 9.87. The Kier molecular flexibility index (Phi) is 5.42.